The molecular weight excluding hydrogens is 558 g/mol. The molecule has 0 spiro atoms. The number of pyridine rings is 1. The van der Waals surface area contributed by atoms with Crippen molar-refractivity contribution in [1.29, 1.82) is 0 Å². The summed E-state index contributed by atoms with van der Waals surface area (Å²) in [5.41, 5.74) is 4.71. The highest BCUT2D eigenvalue weighted by molar-refractivity contribution is 7.97. The first kappa shape index (κ1) is 30.3. The van der Waals surface area contributed by atoms with Crippen molar-refractivity contribution in [3.63, 3.8) is 0 Å². The van der Waals surface area contributed by atoms with Gasteiger partial charge in [0.15, 0.2) is 0 Å². The van der Waals surface area contributed by atoms with Crippen LogP contribution in [0.25, 0.3) is 0 Å². The van der Waals surface area contributed by atoms with E-state index in [0.717, 1.165) is 21.6 Å². The van der Waals surface area contributed by atoms with Gasteiger partial charge in [-0.1, -0.05) is 61.2 Å². The van der Waals surface area contributed by atoms with Crippen molar-refractivity contribution in [2.45, 2.75) is 62.9 Å². The lowest BCUT2D eigenvalue weighted by Gasteiger charge is -2.28. The molecule has 4 aromatic rings. The van der Waals surface area contributed by atoms with Crippen LogP contribution in [0.15, 0.2) is 96.2 Å². The third-order valence-corrected chi connectivity index (χ3v) is 8.90. The van der Waals surface area contributed by atoms with E-state index in [-0.39, 0.29) is 30.3 Å². The molecule has 222 valence electrons. The molecule has 1 aliphatic rings. The Morgan fingerprint density at radius 1 is 0.860 bits per heavy atom. The number of benzene rings is 3. The molecule has 2 N–H and O–H groups in total. The Morgan fingerprint density at radius 2 is 1.53 bits per heavy atom. The summed E-state index contributed by atoms with van der Waals surface area (Å²) in [5, 5.41) is 19.9. The molecule has 0 saturated heterocycles. The molecule has 0 atom stereocenters. The molecule has 1 heterocycles. The van der Waals surface area contributed by atoms with Crippen LogP contribution >= 0.6 is 11.9 Å². The Balaban J connectivity index is 1.41. The van der Waals surface area contributed by atoms with Crippen molar-refractivity contribution in [1.82, 2.24) is 9.29 Å². The van der Waals surface area contributed by atoms with Gasteiger partial charge in [-0.2, -0.15) is 0 Å². The van der Waals surface area contributed by atoms with E-state index in [1.165, 1.54) is 61.7 Å². The third-order valence-electron chi connectivity index (χ3n) is 7.90. The van der Waals surface area contributed by atoms with Crippen LogP contribution < -0.4 is 4.90 Å². The van der Waals surface area contributed by atoms with Gasteiger partial charge in [0.05, 0.1) is 13.1 Å². The fourth-order valence-electron chi connectivity index (χ4n) is 5.50. The monoisotopic (exact) mass is 595 g/mol. The zero-order chi connectivity index (χ0) is 30.2. The number of aromatic carboxylic acids is 1. The fourth-order valence-corrected chi connectivity index (χ4v) is 6.45. The second kappa shape index (κ2) is 14.4. The molecule has 3 aromatic carbocycles. The number of rotatable bonds is 11. The van der Waals surface area contributed by atoms with E-state index in [9.17, 15) is 19.8 Å². The van der Waals surface area contributed by atoms with Crippen LogP contribution in [0.5, 0.6) is 5.75 Å². The van der Waals surface area contributed by atoms with Crippen molar-refractivity contribution in [2.24, 2.45) is 0 Å². The molecule has 43 heavy (non-hydrogen) atoms. The lowest BCUT2D eigenvalue weighted by molar-refractivity contribution is -0.118. The van der Waals surface area contributed by atoms with E-state index in [4.69, 9.17) is 0 Å². The molecule has 1 saturated carbocycles. The molecule has 0 bridgehead atoms. The topological polar surface area (TPSA) is 94.0 Å². The van der Waals surface area contributed by atoms with E-state index in [2.05, 4.69) is 29.2 Å². The average Bonchev–Trinajstić information content (AvgIpc) is 3.02. The predicted octanol–water partition coefficient (Wildman–Crippen LogP) is 7.58. The number of carboxylic acids is 1. The minimum Gasteiger partial charge on any atom is -0.507 e. The zero-order valence-electron chi connectivity index (χ0n) is 24.4. The summed E-state index contributed by atoms with van der Waals surface area (Å²) in [6.45, 7) is 2.92. The van der Waals surface area contributed by atoms with Crippen molar-refractivity contribution < 1.29 is 19.8 Å². The number of hydrogen-bond acceptors (Lipinski definition) is 6. The number of nitrogens with zero attached hydrogens (tertiary/aromatic N) is 3. The van der Waals surface area contributed by atoms with Gasteiger partial charge in [-0.25, -0.2) is 9.10 Å². The van der Waals surface area contributed by atoms with Gasteiger partial charge in [-0.3, -0.25) is 9.78 Å². The second-order valence-electron chi connectivity index (χ2n) is 11.1. The Kier molecular flexibility index (Phi) is 10.1. The number of anilines is 1. The number of carboxylic acid groups (broad SMARTS) is 1. The van der Waals surface area contributed by atoms with Gasteiger partial charge in [-0.15, -0.1) is 0 Å². The number of hydrogen-bond donors (Lipinski definition) is 2. The van der Waals surface area contributed by atoms with Crippen LogP contribution in [0.3, 0.4) is 0 Å². The first-order chi connectivity index (χ1) is 20.9. The maximum Gasteiger partial charge on any atom is 0.339 e. The molecule has 8 heteroatoms. The minimum absolute atomic E-state index is 0.0858. The lowest BCUT2D eigenvalue weighted by Crippen LogP contribution is -2.37. The summed E-state index contributed by atoms with van der Waals surface area (Å²) >= 11 is 1.51. The van der Waals surface area contributed by atoms with Crippen LogP contribution in [-0.2, 0) is 17.9 Å². The average molecular weight is 596 g/mol. The minimum atomic E-state index is -1.22. The molecule has 0 unspecified atom stereocenters. The van der Waals surface area contributed by atoms with E-state index in [0.29, 0.717) is 18.2 Å². The molecule has 1 fully saturated rings. The smallest absolute Gasteiger partial charge is 0.339 e. The van der Waals surface area contributed by atoms with E-state index in [1.807, 2.05) is 47.6 Å². The highest BCUT2D eigenvalue weighted by atomic mass is 32.2. The van der Waals surface area contributed by atoms with Crippen LogP contribution in [0.2, 0.25) is 0 Å². The van der Waals surface area contributed by atoms with Crippen molar-refractivity contribution in [3.05, 3.63) is 119 Å². The summed E-state index contributed by atoms with van der Waals surface area (Å²) < 4.78 is 2.01. The molecule has 7 nitrogen and oxygen atoms in total. The Labute approximate surface area is 257 Å². The number of aromatic hydroxyl groups is 1. The number of aromatic nitrogens is 1. The van der Waals surface area contributed by atoms with Gasteiger partial charge in [0.25, 0.3) is 0 Å². The van der Waals surface area contributed by atoms with E-state index in [1.54, 1.807) is 23.4 Å². The highest BCUT2D eigenvalue weighted by Crippen LogP contribution is 2.33. The van der Waals surface area contributed by atoms with Crippen LogP contribution in [0.4, 0.5) is 5.69 Å². The zero-order valence-corrected chi connectivity index (χ0v) is 25.2. The highest BCUT2D eigenvalue weighted by Gasteiger charge is 2.23. The molecule has 5 rings (SSSR count). The number of amides is 1. The SMILES string of the molecule is Cc1ccc(SN(CC(=O)N(Cc2ccc(C3CCCCC3)cc2)c2ccc(C(=O)O)c(O)c2)Cc2ccncc2)cc1. The summed E-state index contributed by atoms with van der Waals surface area (Å²) in [6.07, 6.45) is 9.74. The largest absolute Gasteiger partial charge is 0.507 e. The molecule has 0 aliphatic heterocycles. The predicted molar refractivity (Wildman–Crippen MR) is 170 cm³/mol. The van der Waals surface area contributed by atoms with Crippen molar-refractivity contribution in [3.8, 4) is 5.75 Å². The quantitative estimate of drug-likeness (QED) is 0.173. The first-order valence-corrected chi connectivity index (χ1v) is 15.5. The van der Waals surface area contributed by atoms with Gasteiger partial charge < -0.3 is 15.1 Å². The molecule has 1 amide bonds. The van der Waals surface area contributed by atoms with Gasteiger partial charge in [-0.05, 0) is 90.7 Å². The fraction of sp³-hybridized carbons (Fsp3) is 0.286. The van der Waals surface area contributed by atoms with E-state index >= 15 is 0 Å². The van der Waals surface area contributed by atoms with E-state index < -0.39 is 5.97 Å². The maximum atomic E-state index is 14.1. The maximum absolute atomic E-state index is 14.1. The summed E-state index contributed by atoms with van der Waals surface area (Å²) in [6, 6.07) is 24.8. The molecule has 1 aliphatic carbocycles. The van der Waals surface area contributed by atoms with Crippen molar-refractivity contribution in [2.75, 3.05) is 11.4 Å². The molecule has 1 aromatic heterocycles. The van der Waals surface area contributed by atoms with Crippen molar-refractivity contribution >= 4 is 29.5 Å². The van der Waals surface area contributed by atoms with Gasteiger partial charge in [0.2, 0.25) is 5.91 Å². The third kappa shape index (κ3) is 8.24. The van der Waals surface area contributed by atoms with Crippen LogP contribution in [0.1, 0.15) is 70.6 Å². The normalized spacial score (nSPS) is 13.6. The first-order valence-electron chi connectivity index (χ1n) is 14.7. The number of carbonyl (C=O) groups excluding carboxylic acids is 1. The lowest BCUT2D eigenvalue weighted by atomic mass is 9.84. The summed E-state index contributed by atoms with van der Waals surface area (Å²) in [4.78, 5) is 32.4. The Morgan fingerprint density at radius 3 is 2.19 bits per heavy atom. The van der Waals surface area contributed by atoms with Gasteiger partial charge in [0.1, 0.15) is 11.3 Å². The number of phenols is 1. The molecular formula is C35H37N3O4S. The second-order valence-corrected chi connectivity index (χ2v) is 12.3. The van der Waals surface area contributed by atoms with Crippen LogP contribution in [-0.4, -0.2) is 37.9 Å². The Bertz CT molecular complexity index is 1520. The number of carbonyl (C=O) groups is 2. The van der Waals surface area contributed by atoms with Gasteiger partial charge >= 0.3 is 5.97 Å². The Hall–Kier alpha value is -4.14. The molecule has 0 radical (unpaired) electrons. The van der Waals surface area contributed by atoms with Gasteiger partial charge in [0, 0.05) is 35.6 Å². The number of aryl methyl sites for hydroxylation is 1. The summed E-state index contributed by atoms with van der Waals surface area (Å²) in [5.74, 6) is -1.19. The summed E-state index contributed by atoms with van der Waals surface area (Å²) in [7, 11) is 0. The standard InChI is InChI=1S/C35H37N3O4S/c1-25-7-14-31(15-8-25)43-37(22-27-17-19-36-20-18-27)24-34(40)38(30-13-16-32(35(41)42)33(39)21-30)23-26-9-11-29(12-10-26)28-5-3-2-4-6-28/h7-21,28,39H,2-6,22-24H2,1H3,(H,41,42). The van der Waals surface area contributed by atoms with Crippen LogP contribution in [0, 0.1) is 6.92 Å².